The summed E-state index contributed by atoms with van der Waals surface area (Å²) >= 11 is 1.70. The predicted molar refractivity (Wildman–Crippen MR) is 108 cm³/mol. The van der Waals surface area contributed by atoms with Gasteiger partial charge in [-0.05, 0) is 30.5 Å². The molecule has 2 aromatic rings. The molecule has 5 nitrogen and oxygen atoms in total. The Labute approximate surface area is 160 Å². The van der Waals surface area contributed by atoms with Crippen LogP contribution in [-0.4, -0.2) is 63.7 Å². The van der Waals surface area contributed by atoms with Crippen molar-refractivity contribution in [2.45, 2.75) is 12.5 Å². The molecule has 142 valence electrons. The van der Waals surface area contributed by atoms with Crippen LogP contribution < -0.4 is 4.72 Å². The monoisotopic (exact) mass is 393 g/mol. The Morgan fingerprint density at radius 1 is 1.08 bits per heavy atom. The summed E-state index contributed by atoms with van der Waals surface area (Å²) in [5.74, 6) is 0.122. The smallest absolute Gasteiger partial charge is 0.211 e. The van der Waals surface area contributed by atoms with E-state index in [0.29, 0.717) is 13.0 Å². The Balaban J connectivity index is 1.60. The number of hydrogen-bond donors (Lipinski definition) is 1. The van der Waals surface area contributed by atoms with Crippen LogP contribution in [0.4, 0.5) is 0 Å². The number of benzene rings is 1. The van der Waals surface area contributed by atoms with Crippen molar-refractivity contribution in [1.82, 2.24) is 14.5 Å². The zero-order valence-corrected chi connectivity index (χ0v) is 16.8. The van der Waals surface area contributed by atoms with Gasteiger partial charge in [-0.15, -0.1) is 11.3 Å². The van der Waals surface area contributed by atoms with Gasteiger partial charge >= 0.3 is 0 Å². The third-order valence-corrected chi connectivity index (χ3v) is 7.17. The standard InChI is InChI=1S/C19H27N3O2S2/c1-21-10-12-22(13-11-21)18(19-8-5-14-25-19)16-20-26(23,24)15-9-17-6-3-2-4-7-17/h2-8,14,18,20H,9-13,15-16H2,1H3. The van der Waals surface area contributed by atoms with Gasteiger partial charge in [-0.2, -0.15) is 0 Å². The highest BCUT2D eigenvalue weighted by atomic mass is 32.2. The number of piperazine rings is 1. The molecule has 0 spiro atoms. The summed E-state index contributed by atoms with van der Waals surface area (Å²) in [4.78, 5) is 5.93. The lowest BCUT2D eigenvalue weighted by Crippen LogP contribution is -2.48. The molecule has 26 heavy (non-hydrogen) atoms. The quantitative estimate of drug-likeness (QED) is 0.747. The van der Waals surface area contributed by atoms with Crippen LogP contribution in [0.1, 0.15) is 16.5 Å². The summed E-state index contributed by atoms with van der Waals surface area (Å²) in [7, 11) is -1.17. The molecule has 0 bridgehead atoms. The van der Waals surface area contributed by atoms with E-state index in [9.17, 15) is 8.42 Å². The molecule has 0 aliphatic carbocycles. The minimum absolute atomic E-state index is 0.107. The molecule has 1 aliphatic heterocycles. The highest BCUT2D eigenvalue weighted by Crippen LogP contribution is 2.25. The van der Waals surface area contributed by atoms with Crippen molar-refractivity contribution in [2.24, 2.45) is 0 Å². The fourth-order valence-electron chi connectivity index (χ4n) is 3.20. The van der Waals surface area contributed by atoms with Gasteiger partial charge in [-0.3, -0.25) is 4.90 Å². The number of nitrogens with one attached hydrogen (secondary N) is 1. The SMILES string of the molecule is CN1CCN(C(CNS(=O)(=O)CCc2ccccc2)c2cccs2)CC1. The normalized spacial score (nSPS) is 18.0. The Morgan fingerprint density at radius 2 is 1.81 bits per heavy atom. The Morgan fingerprint density at radius 3 is 2.46 bits per heavy atom. The van der Waals surface area contributed by atoms with Crippen LogP contribution in [0.2, 0.25) is 0 Å². The van der Waals surface area contributed by atoms with E-state index in [0.717, 1.165) is 31.7 Å². The van der Waals surface area contributed by atoms with E-state index in [2.05, 4.69) is 33.0 Å². The topological polar surface area (TPSA) is 52.6 Å². The van der Waals surface area contributed by atoms with Gasteiger partial charge in [0.05, 0.1) is 11.8 Å². The lowest BCUT2D eigenvalue weighted by molar-refractivity contribution is 0.114. The molecule has 0 radical (unpaired) electrons. The average Bonchev–Trinajstić information content (AvgIpc) is 3.17. The van der Waals surface area contributed by atoms with Crippen LogP contribution in [-0.2, 0) is 16.4 Å². The van der Waals surface area contributed by atoms with Crippen LogP contribution in [0.5, 0.6) is 0 Å². The summed E-state index contributed by atoms with van der Waals surface area (Å²) in [5.41, 5.74) is 1.05. The third kappa shape index (κ3) is 5.62. The first-order valence-corrected chi connectivity index (χ1v) is 11.5. The van der Waals surface area contributed by atoms with Crippen molar-refractivity contribution in [1.29, 1.82) is 0 Å². The van der Waals surface area contributed by atoms with E-state index in [4.69, 9.17) is 0 Å². The number of rotatable bonds is 8. The van der Waals surface area contributed by atoms with Gasteiger partial charge < -0.3 is 4.90 Å². The summed E-state index contributed by atoms with van der Waals surface area (Å²) < 4.78 is 27.8. The van der Waals surface area contributed by atoms with E-state index in [1.807, 2.05) is 36.4 Å². The van der Waals surface area contributed by atoms with E-state index < -0.39 is 10.0 Å². The van der Waals surface area contributed by atoms with E-state index >= 15 is 0 Å². The number of thiophene rings is 1. The van der Waals surface area contributed by atoms with Crippen LogP contribution in [0, 0.1) is 0 Å². The minimum Gasteiger partial charge on any atom is -0.304 e. The van der Waals surface area contributed by atoms with Crippen molar-refractivity contribution in [3.8, 4) is 0 Å². The van der Waals surface area contributed by atoms with Gasteiger partial charge in [0.15, 0.2) is 0 Å². The first-order valence-electron chi connectivity index (χ1n) is 9.01. The summed E-state index contributed by atoms with van der Waals surface area (Å²) in [6.45, 7) is 4.39. The van der Waals surface area contributed by atoms with Crippen LogP contribution >= 0.6 is 11.3 Å². The number of aryl methyl sites for hydroxylation is 1. The molecule has 7 heteroatoms. The second-order valence-corrected chi connectivity index (χ2v) is 9.68. The van der Waals surface area contributed by atoms with Crippen molar-refractivity contribution in [3.05, 3.63) is 58.3 Å². The summed E-state index contributed by atoms with van der Waals surface area (Å²) in [6, 6.07) is 14.0. The van der Waals surface area contributed by atoms with E-state index in [1.165, 1.54) is 4.88 Å². The van der Waals surface area contributed by atoms with Crippen molar-refractivity contribution >= 4 is 21.4 Å². The number of hydrogen-bond acceptors (Lipinski definition) is 5. The maximum Gasteiger partial charge on any atom is 0.211 e. The largest absolute Gasteiger partial charge is 0.304 e. The van der Waals surface area contributed by atoms with Gasteiger partial charge in [0, 0.05) is 37.6 Å². The van der Waals surface area contributed by atoms with Crippen molar-refractivity contribution in [2.75, 3.05) is 45.5 Å². The highest BCUT2D eigenvalue weighted by Gasteiger charge is 2.26. The van der Waals surface area contributed by atoms with Gasteiger partial charge in [0.25, 0.3) is 0 Å². The van der Waals surface area contributed by atoms with Gasteiger partial charge in [0.2, 0.25) is 10.0 Å². The molecule has 1 saturated heterocycles. The second kappa shape index (κ2) is 9.10. The highest BCUT2D eigenvalue weighted by molar-refractivity contribution is 7.89. The van der Waals surface area contributed by atoms with E-state index in [-0.39, 0.29) is 11.8 Å². The Hall–Kier alpha value is -1.25. The van der Waals surface area contributed by atoms with Crippen molar-refractivity contribution < 1.29 is 8.42 Å². The molecule has 1 fully saturated rings. The number of nitrogens with zero attached hydrogens (tertiary/aromatic N) is 2. The van der Waals surface area contributed by atoms with Crippen LogP contribution in [0.25, 0.3) is 0 Å². The molecule has 1 unspecified atom stereocenters. The minimum atomic E-state index is -3.30. The fourth-order valence-corrected chi connectivity index (χ4v) is 5.12. The molecular weight excluding hydrogens is 366 g/mol. The molecule has 1 atom stereocenters. The lowest BCUT2D eigenvalue weighted by Gasteiger charge is -2.37. The first kappa shape index (κ1) is 19.5. The first-order chi connectivity index (χ1) is 12.5. The molecule has 0 amide bonds. The second-order valence-electron chi connectivity index (χ2n) is 6.77. The Kier molecular flexibility index (Phi) is 6.83. The van der Waals surface area contributed by atoms with Gasteiger partial charge in [0.1, 0.15) is 0 Å². The van der Waals surface area contributed by atoms with Crippen LogP contribution in [0.15, 0.2) is 47.8 Å². The maximum atomic E-state index is 12.5. The summed E-state index contributed by atoms with van der Waals surface area (Å²) in [5, 5.41) is 2.06. The van der Waals surface area contributed by atoms with E-state index in [1.54, 1.807) is 11.3 Å². The Bertz CT molecular complexity index is 755. The predicted octanol–water partition coefficient (Wildman–Crippen LogP) is 2.20. The lowest BCUT2D eigenvalue weighted by atomic mass is 10.2. The summed E-state index contributed by atoms with van der Waals surface area (Å²) in [6.07, 6.45) is 0.536. The number of sulfonamides is 1. The third-order valence-electron chi connectivity index (χ3n) is 4.85. The molecule has 1 aliphatic rings. The molecule has 1 aromatic carbocycles. The molecule has 2 heterocycles. The maximum absolute atomic E-state index is 12.5. The van der Waals surface area contributed by atoms with Gasteiger partial charge in [-0.1, -0.05) is 36.4 Å². The average molecular weight is 394 g/mol. The molecule has 0 saturated carbocycles. The van der Waals surface area contributed by atoms with Crippen molar-refractivity contribution in [3.63, 3.8) is 0 Å². The zero-order chi connectivity index (χ0) is 18.4. The molecule has 1 N–H and O–H groups in total. The molecular formula is C19H27N3O2S2. The molecule has 1 aromatic heterocycles. The fraction of sp³-hybridized carbons (Fsp3) is 0.474. The number of likely N-dealkylation sites (N-methyl/N-ethyl adjacent to an activating group) is 1. The van der Waals surface area contributed by atoms with Gasteiger partial charge in [-0.25, -0.2) is 13.1 Å². The molecule has 3 rings (SSSR count). The zero-order valence-electron chi connectivity index (χ0n) is 15.2. The van der Waals surface area contributed by atoms with Crippen LogP contribution in [0.3, 0.4) is 0 Å².